The second-order valence-corrected chi connectivity index (χ2v) is 8.06. The minimum absolute atomic E-state index is 0.432. The molecule has 0 radical (unpaired) electrons. The summed E-state index contributed by atoms with van der Waals surface area (Å²) in [5, 5.41) is 0. The number of nitrogen functional groups attached to an aromatic ring is 1. The number of anilines is 1. The molecule has 122 valence electrons. The Kier molecular flexibility index (Phi) is 5.21. The lowest BCUT2D eigenvalue weighted by Gasteiger charge is -2.16. The fraction of sp³-hybridized carbons (Fsp3) is 0.278. The lowest BCUT2D eigenvalue weighted by atomic mass is 10.0. The third-order valence-electron chi connectivity index (χ3n) is 3.22. The molecule has 2 rings (SSSR count). The highest BCUT2D eigenvalue weighted by molar-refractivity contribution is 7.85. The van der Waals surface area contributed by atoms with Gasteiger partial charge < -0.3 is 10.5 Å². The molecule has 0 saturated carbocycles. The predicted molar refractivity (Wildman–Crippen MR) is 97.4 cm³/mol. The summed E-state index contributed by atoms with van der Waals surface area (Å²) in [6.45, 7) is 5.70. The van der Waals surface area contributed by atoms with Gasteiger partial charge in [-0.15, -0.1) is 0 Å². The van der Waals surface area contributed by atoms with Gasteiger partial charge in [-0.1, -0.05) is 12.1 Å². The first kappa shape index (κ1) is 17.2. The van der Waals surface area contributed by atoms with E-state index < -0.39 is 15.7 Å². The Labute approximate surface area is 140 Å². The highest BCUT2D eigenvalue weighted by Crippen LogP contribution is 2.20. The van der Waals surface area contributed by atoms with Crippen molar-refractivity contribution in [1.82, 2.24) is 0 Å². The van der Waals surface area contributed by atoms with E-state index in [4.69, 9.17) is 10.5 Å². The van der Waals surface area contributed by atoms with Crippen LogP contribution in [-0.4, -0.2) is 21.8 Å². The molecule has 4 nitrogen and oxygen atoms in total. The Hall–Kier alpha value is -2.14. The average molecular weight is 330 g/mol. The van der Waals surface area contributed by atoms with E-state index in [1.54, 1.807) is 7.11 Å². The monoisotopic (exact) mass is 330 g/mol. The standard InChI is InChI=1S/C18H22N2O2S/c1-18(2,3)23(21)20-17(14-6-5-7-15(19)12-14)13-8-10-16(22-4)11-9-13/h5-12H,19H2,1-4H3. The number of nitrogens with two attached hydrogens (primary N) is 1. The Morgan fingerprint density at radius 2 is 1.74 bits per heavy atom. The number of ether oxygens (including phenoxy) is 1. The molecule has 0 fully saturated rings. The van der Waals surface area contributed by atoms with Crippen LogP contribution in [-0.2, 0) is 11.0 Å². The van der Waals surface area contributed by atoms with Crippen LogP contribution in [0.15, 0.2) is 52.9 Å². The van der Waals surface area contributed by atoms with Crippen molar-refractivity contribution in [2.24, 2.45) is 4.40 Å². The summed E-state index contributed by atoms with van der Waals surface area (Å²) in [6, 6.07) is 15.0. The molecule has 0 aromatic heterocycles. The zero-order valence-electron chi connectivity index (χ0n) is 13.9. The molecule has 0 heterocycles. The number of hydrogen-bond acceptors (Lipinski definition) is 3. The minimum Gasteiger partial charge on any atom is -0.497 e. The van der Waals surface area contributed by atoms with Crippen LogP contribution >= 0.6 is 0 Å². The van der Waals surface area contributed by atoms with Crippen molar-refractivity contribution in [1.29, 1.82) is 0 Å². The molecule has 2 N–H and O–H groups in total. The van der Waals surface area contributed by atoms with Crippen molar-refractivity contribution in [3.63, 3.8) is 0 Å². The molecule has 5 heteroatoms. The van der Waals surface area contributed by atoms with Gasteiger partial charge in [-0.2, -0.15) is 4.40 Å². The fourth-order valence-electron chi connectivity index (χ4n) is 1.93. The van der Waals surface area contributed by atoms with E-state index in [-0.39, 0.29) is 0 Å². The molecule has 2 aromatic rings. The van der Waals surface area contributed by atoms with Crippen LogP contribution < -0.4 is 10.5 Å². The number of nitrogens with zero attached hydrogens (tertiary/aromatic N) is 1. The van der Waals surface area contributed by atoms with Gasteiger partial charge in [-0.3, -0.25) is 0 Å². The van der Waals surface area contributed by atoms with Gasteiger partial charge in [0.15, 0.2) is 0 Å². The Bertz CT molecular complexity index is 731. The summed E-state index contributed by atoms with van der Waals surface area (Å²) in [4.78, 5) is 0. The first-order chi connectivity index (χ1) is 10.8. The van der Waals surface area contributed by atoms with E-state index in [0.29, 0.717) is 11.4 Å². The van der Waals surface area contributed by atoms with Crippen LogP contribution in [0, 0.1) is 0 Å². The molecular formula is C18H22N2O2S. The van der Waals surface area contributed by atoms with Crippen molar-refractivity contribution >= 4 is 22.4 Å². The van der Waals surface area contributed by atoms with E-state index in [1.165, 1.54) is 0 Å². The highest BCUT2D eigenvalue weighted by Gasteiger charge is 2.21. The van der Waals surface area contributed by atoms with E-state index >= 15 is 0 Å². The lowest BCUT2D eigenvalue weighted by Crippen LogP contribution is -2.21. The van der Waals surface area contributed by atoms with Crippen LogP contribution in [0.4, 0.5) is 5.69 Å². The van der Waals surface area contributed by atoms with E-state index in [2.05, 4.69) is 4.40 Å². The molecule has 0 aliphatic carbocycles. The molecule has 2 aromatic carbocycles. The summed E-state index contributed by atoms with van der Waals surface area (Å²) >= 11 is 0. The van der Waals surface area contributed by atoms with E-state index in [1.807, 2.05) is 69.3 Å². The summed E-state index contributed by atoms with van der Waals surface area (Å²) in [5.74, 6) is 0.762. The molecule has 0 aliphatic rings. The Morgan fingerprint density at radius 3 is 2.26 bits per heavy atom. The quantitative estimate of drug-likeness (QED) is 0.688. The van der Waals surface area contributed by atoms with Gasteiger partial charge in [0.1, 0.15) is 16.7 Å². The maximum atomic E-state index is 12.5. The third-order valence-corrected chi connectivity index (χ3v) is 4.62. The maximum Gasteiger partial charge on any atom is 0.145 e. The molecule has 0 amide bonds. The van der Waals surface area contributed by atoms with Gasteiger partial charge in [-0.25, -0.2) is 4.21 Å². The zero-order valence-corrected chi connectivity index (χ0v) is 14.7. The minimum atomic E-state index is -1.37. The van der Waals surface area contributed by atoms with Crippen molar-refractivity contribution in [3.8, 4) is 5.75 Å². The average Bonchev–Trinajstić information content (AvgIpc) is 2.51. The van der Waals surface area contributed by atoms with Crippen molar-refractivity contribution in [2.75, 3.05) is 12.8 Å². The molecule has 1 atom stereocenters. The highest BCUT2D eigenvalue weighted by atomic mass is 32.2. The first-order valence-electron chi connectivity index (χ1n) is 7.32. The summed E-state index contributed by atoms with van der Waals surface area (Å²) in [5.41, 5.74) is 8.90. The van der Waals surface area contributed by atoms with E-state index in [0.717, 1.165) is 16.9 Å². The molecule has 1 unspecified atom stereocenters. The lowest BCUT2D eigenvalue weighted by molar-refractivity contribution is 0.415. The number of hydrogen-bond donors (Lipinski definition) is 1. The van der Waals surface area contributed by atoms with Crippen molar-refractivity contribution in [2.45, 2.75) is 25.5 Å². The zero-order chi connectivity index (χ0) is 17.0. The predicted octanol–water partition coefficient (Wildman–Crippen LogP) is 3.58. The topological polar surface area (TPSA) is 64.7 Å². The fourth-order valence-corrected chi connectivity index (χ4v) is 2.58. The van der Waals surface area contributed by atoms with Gasteiger partial charge in [0.05, 0.1) is 17.6 Å². The van der Waals surface area contributed by atoms with Gasteiger partial charge in [0.2, 0.25) is 0 Å². The Balaban J connectivity index is 2.55. The van der Waals surface area contributed by atoms with Gasteiger partial charge in [0, 0.05) is 16.8 Å². The molecule has 0 spiro atoms. The van der Waals surface area contributed by atoms with Crippen LogP contribution in [0.3, 0.4) is 0 Å². The maximum absolute atomic E-state index is 12.5. The SMILES string of the molecule is COc1ccc(C(=NS(=O)C(C)(C)C)c2cccc(N)c2)cc1. The molecule has 0 saturated heterocycles. The van der Waals surface area contributed by atoms with Gasteiger partial charge >= 0.3 is 0 Å². The molecule has 0 aliphatic heterocycles. The van der Waals surface area contributed by atoms with E-state index in [9.17, 15) is 4.21 Å². The van der Waals surface area contributed by atoms with Crippen LogP contribution in [0.2, 0.25) is 0 Å². The van der Waals surface area contributed by atoms with Crippen molar-refractivity contribution in [3.05, 3.63) is 59.7 Å². The second kappa shape index (κ2) is 6.96. The Morgan fingerprint density at radius 1 is 1.09 bits per heavy atom. The smallest absolute Gasteiger partial charge is 0.145 e. The third kappa shape index (κ3) is 4.42. The van der Waals surface area contributed by atoms with Crippen LogP contribution in [0.5, 0.6) is 5.75 Å². The number of rotatable bonds is 4. The molecule has 23 heavy (non-hydrogen) atoms. The van der Waals surface area contributed by atoms with Gasteiger partial charge in [0.25, 0.3) is 0 Å². The first-order valence-corrected chi connectivity index (χ1v) is 8.43. The second-order valence-electron chi connectivity index (χ2n) is 6.16. The van der Waals surface area contributed by atoms with Gasteiger partial charge in [-0.05, 0) is 57.2 Å². The number of benzene rings is 2. The summed E-state index contributed by atoms with van der Waals surface area (Å²) < 4.78 is 21.7. The number of methoxy groups -OCH3 is 1. The van der Waals surface area contributed by atoms with Crippen LogP contribution in [0.25, 0.3) is 0 Å². The molecular weight excluding hydrogens is 308 g/mol. The summed E-state index contributed by atoms with van der Waals surface area (Å²) in [6.07, 6.45) is 0. The van der Waals surface area contributed by atoms with Crippen molar-refractivity contribution < 1.29 is 8.95 Å². The normalized spacial score (nSPS) is 13.7. The molecule has 0 bridgehead atoms. The largest absolute Gasteiger partial charge is 0.497 e. The summed E-state index contributed by atoms with van der Waals surface area (Å²) in [7, 11) is 0.255. The van der Waals surface area contributed by atoms with Crippen LogP contribution in [0.1, 0.15) is 31.9 Å².